The Morgan fingerprint density at radius 2 is 2.25 bits per heavy atom. The van der Waals surface area contributed by atoms with Crippen LogP contribution < -0.4 is 4.72 Å². The maximum absolute atomic E-state index is 11.7. The second-order valence-electron chi connectivity index (χ2n) is 2.92. The molecule has 1 heterocycles. The Balaban J connectivity index is 2.82. The highest BCUT2D eigenvalue weighted by atomic mass is 79.9. The fraction of sp³-hybridized carbons (Fsp3) is 0.375. The Kier molecular flexibility index (Phi) is 4.48. The minimum atomic E-state index is -3.63. The standard InChI is InChI=1S/C8H10BrNO4S2/c1-5-3-7(15-8(5)9)16(12,13)10-4-6(11)14-2/h3,10H,4H2,1-2H3. The van der Waals surface area contributed by atoms with E-state index in [0.717, 1.165) is 20.7 Å². The molecule has 1 N–H and O–H groups in total. The van der Waals surface area contributed by atoms with Gasteiger partial charge in [-0.15, -0.1) is 11.3 Å². The lowest BCUT2D eigenvalue weighted by molar-refractivity contribution is -0.139. The third-order valence-corrected chi connectivity index (χ3v) is 5.75. The van der Waals surface area contributed by atoms with Crippen molar-refractivity contribution in [3.05, 3.63) is 15.4 Å². The molecule has 0 aliphatic heterocycles. The number of nitrogens with one attached hydrogen (secondary N) is 1. The summed E-state index contributed by atoms with van der Waals surface area (Å²) >= 11 is 4.33. The van der Waals surface area contributed by atoms with E-state index in [2.05, 4.69) is 25.4 Å². The van der Waals surface area contributed by atoms with Crippen LogP contribution in [0.1, 0.15) is 5.56 Å². The molecular formula is C8H10BrNO4S2. The van der Waals surface area contributed by atoms with Gasteiger partial charge in [0.2, 0.25) is 0 Å². The molecule has 0 amide bonds. The monoisotopic (exact) mass is 327 g/mol. The zero-order chi connectivity index (χ0) is 12.3. The van der Waals surface area contributed by atoms with Crippen molar-refractivity contribution in [2.24, 2.45) is 0 Å². The van der Waals surface area contributed by atoms with Crippen molar-refractivity contribution in [1.29, 1.82) is 0 Å². The summed E-state index contributed by atoms with van der Waals surface area (Å²) in [5.74, 6) is -0.629. The number of methoxy groups -OCH3 is 1. The number of carbonyl (C=O) groups excluding carboxylic acids is 1. The number of halogens is 1. The summed E-state index contributed by atoms with van der Waals surface area (Å²) in [6, 6.07) is 1.54. The van der Waals surface area contributed by atoms with Gasteiger partial charge in [-0.3, -0.25) is 4.79 Å². The Hall–Kier alpha value is -0.440. The van der Waals surface area contributed by atoms with E-state index in [1.165, 1.54) is 13.2 Å². The first-order valence-electron chi connectivity index (χ1n) is 4.19. The van der Waals surface area contributed by atoms with E-state index in [1.807, 2.05) is 0 Å². The average Bonchev–Trinajstić information content (AvgIpc) is 2.56. The van der Waals surface area contributed by atoms with Gasteiger partial charge in [-0.2, -0.15) is 4.72 Å². The number of esters is 1. The molecule has 16 heavy (non-hydrogen) atoms. The molecular weight excluding hydrogens is 318 g/mol. The molecule has 0 unspecified atom stereocenters. The predicted molar refractivity (Wildman–Crippen MR) is 64.0 cm³/mol. The molecule has 0 radical (unpaired) electrons. The molecule has 90 valence electrons. The van der Waals surface area contributed by atoms with Crippen LogP contribution in [0.5, 0.6) is 0 Å². The van der Waals surface area contributed by atoms with Crippen LogP contribution in [0.3, 0.4) is 0 Å². The predicted octanol–water partition coefficient (Wildman–Crippen LogP) is 1.27. The van der Waals surface area contributed by atoms with E-state index in [9.17, 15) is 13.2 Å². The van der Waals surface area contributed by atoms with E-state index in [0.29, 0.717) is 0 Å². The van der Waals surface area contributed by atoms with Gasteiger partial charge in [-0.1, -0.05) is 0 Å². The summed E-state index contributed by atoms with van der Waals surface area (Å²) in [4.78, 5) is 10.8. The third kappa shape index (κ3) is 3.27. The third-order valence-electron chi connectivity index (χ3n) is 1.73. The number of aryl methyl sites for hydroxylation is 1. The maximum atomic E-state index is 11.7. The fourth-order valence-corrected chi connectivity index (χ4v) is 4.10. The van der Waals surface area contributed by atoms with Crippen molar-refractivity contribution in [1.82, 2.24) is 4.72 Å². The first-order valence-corrected chi connectivity index (χ1v) is 7.28. The molecule has 0 atom stereocenters. The van der Waals surface area contributed by atoms with Gasteiger partial charge in [-0.05, 0) is 34.5 Å². The summed E-state index contributed by atoms with van der Waals surface area (Å²) in [6.45, 7) is 1.42. The van der Waals surface area contributed by atoms with Gasteiger partial charge in [0.05, 0.1) is 10.9 Å². The van der Waals surface area contributed by atoms with Crippen molar-refractivity contribution >= 4 is 43.3 Å². The van der Waals surface area contributed by atoms with Gasteiger partial charge in [0, 0.05) is 0 Å². The van der Waals surface area contributed by atoms with Crippen LogP contribution in [-0.2, 0) is 19.6 Å². The van der Waals surface area contributed by atoms with Gasteiger partial charge in [0.25, 0.3) is 10.0 Å². The van der Waals surface area contributed by atoms with Crippen LogP contribution in [-0.4, -0.2) is 28.0 Å². The second kappa shape index (κ2) is 5.26. The normalized spacial score (nSPS) is 11.4. The Labute approximate surface area is 106 Å². The lowest BCUT2D eigenvalue weighted by Crippen LogP contribution is -2.29. The lowest BCUT2D eigenvalue weighted by Gasteiger charge is -2.02. The van der Waals surface area contributed by atoms with Crippen molar-refractivity contribution in [2.45, 2.75) is 11.1 Å². The number of carbonyl (C=O) groups is 1. The number of hydrogen-bond donors (Lipinski definition) is 1. The van der Waals surface area contributed by atoms with Gasteiger partial charge in [0.1, 0.15) is 10.8 Å². The highest BCUT2D eigenvalue weighted by Gasteiger charge is 2.19. The number of sulfonamides is 1. The van der Waals surface area contributed by atoms with Crippen LogP contribution in [0.15, 0.2) is 14.1 Å². The molecule has 0 fully saturated rings. The average molecular weight is 328 g/mol. The van der Waals surface area contributed by atoms with Crippen LogP contribution in [0.25, 0.3) is 0 Å². The van der Waals surface area contributed by atoms with E-state index >= 15 is 0 Å². The highest BCUT2D eigenvalue weighted by molar-refractivity contribution is 9.11. The quantitative estimate of drug-likeness (QED) is 0.845. The lowest BCUT2D eigenvalue weighted by atomic mass is 10.4. The van der Waals surface area contributed by atoms with E-state index in [1.54, 1.807) is 6.92 Å². The topological polar surface area (TPSA) is 72.5 Å². The van der Waals surface area contributed by atoms with Crippen molar-refractivity contribution in [2.75, 3.05) is 13.7 Å². The zero-order valence-electron chi connectivity index (χ0n) is 8.61. The number of rotatable bonds is 4. The summed E-state index contributed by atoms with van der Waals surface area (Å²) in [6.07, 6.45) is 0. The molecule has 0 aliphatic rings. The minimum absolute atomic E-state index is 0.167. The summed E-state index contributed by atoms with van der Waals surface area (Å²) < 4.78 is 30.8. The number of hydrogen-bond acceptors (Lipinski definition) is 5. The molecule has 0 aromatic carbocycles. The molecule has 5 nitrogen and oxygen atoms in total. The van der Waals surface area contributed by atoms with Crippen molar-refractivity contribution < 1.29 is 17.9 Å². The smallest absolute Gasteiger partial charge is 0.320 e. The molecule has 1 aromatic rings. The molecule has 0 saturated carbocycles. The van der Waals surface area contributed by atoms with Gasteiger partial charge >= 0.3 is 5.97 Å². The molecule has 0 bridgehead atoms. The van der Waals surface area contributed by atoms with Gasteiger partial charge < -0.3 is 4.74 Å². The summed E-state index contributed by atoms with van der Waals surface area (Å²) in [5.41, 5.74) is 0.837. The van der Waals surface area contributed by atoms with Gasteiger partial charge in [0.15, 0.2) is 0 Å². The Morgan fingerprint density at radius 1 is 1.62 bits per heavy atom. The molecule has 1 rings (SSSR count). The highest BCUT2D eigenvalue weighted by Crippen LogP contribution is 2.30. The Bertz CT molecular complexity index is 475. The first kappa shape index (κ1) is 13.6. The van der Waals surface area contributed by atoms with Crippen LogP contribution in [0.2, 0.25) is 0 Å². The molecule has 8 heteroatoms. The maximum Gasteiger partial charge on any atom is 0.320 e. The van der Waals surface area contributed by atoms with Gasteiger partial charge in [-0.25, -0.2) is 8.42 Å². The van der Waals surface area contributed by atoms with E-state index in [4.69, 9.17) is 0 Å². The molecule has 0 spiro atoms. The zero-order valence-corrected chi connectivity index (χ0v) is 11.8. The van der Waals surface area contributed by atoms with Crippen LogP contribution >= 0.6 is 27.3 Å². The molecule has 1 aromatic heterocycles. The largest absolute Gasteiger partial charge is 0.468 e. The second-order valence-corrected chi connectivity index (χ2v) is 7.29. The van der Waals surface area contributed by atoms with Crippen LogP contribution in [0, 0.1) is 6.92 Å². The SMILES string of the molecule is COC(=O)CNS(=O)(=O)c1cc(C)c(Br)s1. The minimum Gasteiger partial charge on any atom is -0.468 e. The molecule has 0 aliphatic carbocycles. The number of ether oxygens (including phenoxy) is 1. The van der Waals surface area contributed by atoms with Crippen molar-refractivity contribution in [3.63, 3.8) is 0 Å². The first-order chi connectivity index (χ1) is 7.36. The Morgan fingerprint density at radius 3 is 2.69 bits per heavy atom. The summed E-state index contributed by atoms with van der Waals surface area (Å²) in [7, 11) is -2.43. The molecule has 0 saturated heterocycles. The summed E-state index contributed by atoms with van der Waals surface area (Å²) in [5, 5.41) is 0. The van der Waals surface area contributed by atoms with Crippen molar-refractivity contribution in [3.8, 4) is 0 Å². The van der Waals surface area contributed by atoms with E-state index < -0.39 is 16.0 Å². The van der Waals surface area contributed by atoms with Crippen LogP contribution in [0.4, 0.5) is 0 Å². The number of thiophene rings is 1. The fourth-order valence-electron chi connectivity index (χ4n) is 0.861. The van der Waals surface area contributed by atoms with E-state index in [-0.39, 0.29) is 10.8 Å².